The Hall–Kier alpha value is -0.970. The van der Waals surface area contributed by atoms with Crippen LogP contribution in [0.5, 0.6) is 0 Å². The van der Waals surface area contributed by atoms with Gasteiger partial charge < -0.3 is 9.47 Å². The molecule has 0 aromatic carbocycles. The van der Waals surface area contributed by atoms with Crippen LogP contribution in [0.2, 0.25) is 0 Å². The van der Waals surface area contributed by atoms with Gasteiger partial charge in [-0.2, -0.15) is 0 Å². The molecule has 1 aliphatic heterocycles. The second-order valence-corrected chi connectivity index (χ2v) is 3.18. The molecule has 14 heavy (non-hydrogen) atoms. The Bertz CT molecular complexity index is 242. The van der Waals surface area contributed by atoms with Crippen LogP contribution in [0.15, 0.2) is 12.2 Å². The molecule has 1 fully saturated rings. The van der Waals surface area contributed by atoms with Crippen molar-refractivity contribution in [1.29, 1.82) is 0 Å². The molecule has 1 aliphatic rings. The Morgan fingerprint density at radius 2 is 2.21 bits per heavy atom. The smallest absolute Gasteiger partial charge is 0.333 e. The van der Waals surface area contributed by atoms with Crippen molar-refractivity contribution in [2.75, 3.05) is 6.61 Å². The Kier molecular flexibility index (Phi) is 3.57. The Morgan fingerprint density at radius 3 is 2.64 bits per heavy atom. The van der Waals surface area contributed by atoms with Crippen LogP contribution in [0.25, 0.3) is 0 Å². The molecule has 3 nitrogen and oxygen atoms in total. The molecule has 1 heterocycles. The van der Waals surface area contributed by atoms with Crippen molar-refractivity contribution in [2.45, 2.75) is 32.0 Å². The highest BCUT2D eigenvalue weighted by atomic mass is 19.2. The number of carbonyl (C=O) groups excluding carboxylic acids is 1. The first kappa shape index (κ1) is 11.1. The number of hydrogen-bond acceptors (Lipinski definition) is 3. The first-order valence-corrected chi connectivity index (χ1v) is 4.28. The molecular weight excluding hydrogens is 194 g/mol. The van der Waals surface area contributed by atoms with E-state index in [1.165, 1.54) is 6.92 Å². The van der Waals surface area contributed by atoms with Gasteiger partial charge in [-0.1, -0.05) is 6.58 Å². The van der Waals surface area contributed by atoms with Crippen LogP contribution in [0.1, 0.15) is 13.3 Å². The minimum atomic E-state index is -1.82. The van der Waals surface area contributed by atoms with E-state index in [2.05, 4.69) is 16.1 Å². The topological polar surface area (TPSA) is 35.5 Å². The van der Waals surface area contributed by atoms with Gasteiger partial charge in [0.05, 0.1) is 6.61 Å². The van der Waals surface area contributed by atoms with Crippen molar-refractivity contribution in [2.24, 2.45) is 0 Å². The lowest BCUT2D eigenvalue weighted by atomic mass is 10.1. The molecule has 0 amide bonds. The molecule has 0 aliphatic carbocycles. The average molecular weight is 206 g/mol. The Labute approximate surface area is 80.7 Å². The maximum atomic E-state index is 12.6. The molecule has 0 saturated carbocycles. The van der Waals surface area contributed by atoms with E-state index < -0.39 is 24.6 Å². The van der Waals surface area contributed by atoms with Crippen LogP contribution in [-0.2, 0) is 14.3 Å². The zero-order valence-corrected chi connectivity index (χ0v) is 7.83. The van der Waals surface area contributed by atoms with Crippen molar-refractivity contribution in [3.8, 4) is 0 Å². The number of rotatable bonds is 4. The third kappa shape index (κ3) is 2.51. The van der Waals surface area contributed by atoms with E-state index >= 15 is 0 Å². The zero-order chi connectivity index (χ0) is 10.7. The van der Waals surface area contributed by atoms with Gasteiger partial charge in [0.2, 0.25) is 6.36 Å². The Balaban J connectivity index is 2.11. The van der Waals surface area contributed by atoms with E-state index in [9.17, 15) is 13.6 Å². The monoisotopic (exact) mass is 206 g/mol. The largest absolute Gasteiger partial charge is 0.462 e. The van der Waals surface area contributed by atoms with Crippen LogP contribution in [-0.4, -0.2) is 31.2 Å². The van der Waals surface area contributed by atoms with E-state index in [-0.39, 0.29) is 18.6 Å². The summed E-state index contributed by atoms with van der Waals surface area (Å²) < 4.78 is 33.9. The van der Waals surface area contributed by atoms with Crippen LogP contribution in [0.3, 0.4) is 0 Å². The molecule has 3 unspecified atom stereocenters. The fraction of sp³-hybridized carbons (Fsp3) is 0.667. The average Bonchev–Trinajstić information content (AvgIpc) is 2.15. The van der Waals surface area contributed by atoms with Crippen molar-refractivity contribution in [1.82, 2.24) is 0 Å². The third-order valence-electron chi connectivity index (χ3n) is 1.89. The fourth-order valence-electron chi connectivity index (χ4n) is 1.01. The van der Waals surface area contributed by atoms with Gasteiger partial charge in [0.15, 0.2) is 6.17 Å². The molecule has 1 rings (SSSR count). The summed E-state index contributed by atoms with van der Waals surface area (Å²) in [5.74, 6) is -0.531. The molecular formula is C9H12F2O3. The molecule has 5 heteroatoms. The summed E-state index contributed by atoms with van der Waals surface area (Å²) in [4.78, 5) is 10.8. The lowest BCUT2D eigenvalue weighted by Gasteiger charge is -2.34. The zero-order valence-electron chi connectivity index (χ0n) is 7.83. The van der Waals surface area contributed by atoms with Crippen LogP contribution in [0.4, 0.5) is 8.78 Å². The van der Waals surface area contributed by atoms with Crippen molar-refractivity contribution < 1.29 is 23.0 Å². The highest BCUT2D eigenvalue weighted by Crippen LogP contribution is 2.27. The lowest BCUT2D eigenvalue weighted by molar-refractivity contribution is -0.251. The highest BCUT2D eigenvalue weighted by Gasteiger charge is 2.43. The molecule has 0 bridgehead atoms. The third-order valence-corrected chi connectivity index (χ3v) is 1.89. The van der Waals surface area contributed by atoms with Crippen molar-refractivity contribution in [3.63, 3.8) is 0 Å². The maximum Gasteiger partial charge on any atom is 0.333 e. The molecule has 80 valence electrons. The van der Waals surface area contributed by atoms with Crippen molar-refractivity contribution >= 4 is 5.97 Å². The molecule has 0 N–H and O–H groups in total. The standard InChI is InChI=1S/C9H12F2O3/c1-5(2)9(12)13-4-3-6-7(10)8(11)14-6/h6-8H,1,3-4H2,2H3. The number of hydrogen-bond donors (Lipinski definition) is 0. The summed E-state index contributed by atoms with van der Waals surface area (Å²) in [6.07, 6.45) is -4.04. The van der Waals surface area contributed by atoms with E-state index in [1.54, 1.807) is 0 Å². The second-order valence-electron chi connectivity index (χ2n) is 3.18. The first-order valence-electron chi connectivity index (χ1n) is 4.28. The minimum Gasteiger partial charge on any atom is -0.462 e. The predicted molar refractivity (Wildman–Crippen MR) is 45.1 cm³/mol. The highest BCUT2D eigenvalue weighted by molar-refractivity contribution is 5.86. The quantitative estimate of drug-likeness (QED) is 0.517. The van der Waals surface area contributed by atoms with E-state index in [0.29, 0.717) is 0 Å². The second kappa shape index (κ2) is 4.50. The van der Waals surface area contributed by atoms with Crippen LogP contribution < -0.4 is 0 Å². The minimum absolute atomic E-state index is 0.0174. The predicted octanol–water partition coefficient (Wildman–Crippen LogP) is 1.53. The summed E-state index contributed by atoms with van der Waals surface area (Å²) in [6, 6.07) is 0. The number of ether oxygens (including phenoxy) is 2. The van der Waals surface area contributed by atoms with Crippen LogP contribution in [0, 0.1) is 0 Å². The maximum absolute atomic E-state index is 12.6. The molecule has 0 spiro atoms. The summed E-state index contributed by atoms with van der Waals surface area (Å²) in [6.45, 7) is 4.90. The number of alkyl halides is 2. The number of carbonyl (C=O) groups is 1. The number of esters is 1. The van der Waals surface area contributed by atoms with Crippen molar-refractivity contribution in [3.05, 3.63) is 12.2 Å². The molecule has 0 aromatic heterocycles. The Morgan fingerprint density at radius 1 is 1.57 bits per heavy atom. The van der Waals surface area contributed by atoms with Gasteiger partial charge >= 0.3 is 5.97 Å². The van der Waals surface area contributed by atoms with Gasteiger partial charge in [0.1, 0.15) is 6.10 Å². The van der Waals surface area contributed by atoms with E-state index in [1.807, 2.05) is 0 Å². The summed E-state index contributed by atoms with van der Waals surface area (Å²) >= 11 is 0. The molecule has 0 aromatic rings. The molecule has 1 saturated heterocycles. The van der Waals surface area contributed by atoms with Gasteiger partial charge in [-0.05, 0) is 6.92 Å². The van der Waals surface area contributed by atoms with Gasteiger partial charge in [0, 0.05) is 12.0 Å². The van der Waals surface area contributed by atoms with Gasteiger partial charge in [-0.15, -0.1) is 0 Å². The first-order chi connectivity index (χ1) is 6.52. The van der Waals surface area contributed by atoms with E-state index in [4.69, 9.17) is 0 Å². The SMILES string of the molecule is C=C(C)C(=O)OCCC1OC(F)C1F. The van der Waals surface area contributed by atoms with E-state index in [0.717, 1.165) is 0 Å². The summed E-state index contributed by atoms with van der Waals surface area (Å²) in [5, 5.41) is 0. The normalized spacial score (nSPS) is 30.6. The molecule has 3 atom stereocenters. The molecule has 0 radical (unpaired) electrons. The van der Waals surface area contributed by atoms with Gasteiger partial charge in [-0.25, -0.2) is 13.6 Å². The number of halogens is 2. The van der Waals surface area contributed by atoms with Gasteiger partial charge in [0.25, 0.3) is 0 Å². The lowest BCUT2D eigenvalue weighted by Crippen LogP contribution is -2.48. The van der Waals surface area contributed by atoms with Gasteiger partial charge in [-0.3, -0.25) is 0 Å². The fourth-order valence-corrected chi connectivity index (χ4v) is 1.01. The van der Waals surface area contributed by atoms with Crippen LogP contribution >= 0.6 is 0 Å². The summed E-state index contributed by atoms with van der Waals surface area (Å²) in [7, 11) is 0. The summed E-state index contributed by atoms with van der Waals surface area (Å²) in [5.41, 5.74) is 0.277.